The van der Waals surface area contributed by atoms with Crippen molar-refractivity contribution in [3.63, 3.8) is 0 Å². The van der Waals surface area contributed by atoms with Gasteiger partial charge in [0.2, 0.25) is 5.91 Å². The molecule has 1 aliphatic heterocycles. The van der Waals surface area contributed by atoms with Gasteiger partial charge in [-0.2, -0.15) is 0 Å². The van der Waals surface area contributed by atoms with Crippen LogP contribution in [0.4, 0.5) is 0 Å². The third-order valence-electron chi connectivity index (χ3n) is 3.70. The Kier molecular flexibility index (Phi) is 7.34. The smallest absolute Gasteiger partial charge is 0.227 e. The molecule has 1 unspecified atom stereocenters. The Balaban J connectivity index is 2.50. The summed E-state index contributed by atoms with van der Waals surface area (Å²) in [5.41, 5.74) is 5.46. The third kappa shape index (κ3) is 4.75. The van der Waals surface area contributed by atoms with E-state index in [0.29, 0.717) is 32.9 Å². The third-order valence-corrected chi connectivity index (χ3v) is 3.70. The Morgan fingerprint density at radius 2 is 2.00 bits per heavy atom. The van der Waals surface area contributed by atoms with E-state index in [1.165, 1.54) is 0 Å². The molecular weight excluding hydrogens is 244 g/mol. The molecule has 1 atom stereocenters. The highest BCUT2D eigenvalue weighted by Gasteiger charge is 2.35. The average Bonchev–Trinajstić information content (AvgIpc) is 2.45. The van der Waals surface area contributed by atoms with Crippen LogP contribution in [0.5, 0.6) is 0 Å². The van der Waals surface area contributed by atoms with Crippen LogP contribution in [0.2, 0.25) is 0 Å². The number of hydrogen-bond donors (Lipinski definition) is 2. The minimum Gasteiger partial charge on any atom is -0.376 e. The predicted molar refractivity (Wildman–Crippen MR) is 74.9 cm³/mol. The first kappa shape index (κ1) is 16.4. The van der Waals surface area contributed by atoms with Crippen molar-refractivity contribution >= 4 is 5.91 Å². The zero-order valence-corrected chi connectivity index (χ0v) is 12.2. The number of carbonyl (C=O) groups excluding carboxylic acids is 1. The lowest BCUT2D eigenvalue weighted by molar-refractivity contribution is -0.134. The van der Waals surface area contributed by atoms with Gasteiger partial charge in [0.05, 0.1) is 31.3 Å². The number of amides is 1. The van der Waals surface area contributed by atoms with E-state index in [-0.39, 0.29) is 12.0 Å². The maximum Gasteiger partial charge on any atom is 0.227 e. The fraction of sp³-hybridized carbons (Fsp3) is 0.929. The summed E-state index contributed by atoms with van der Waals surface area (Å²) in [6.07, 6.45) is 3.58. The molecule has 0 spiro atoms. The summed E-state index contributed by atoms with van der Waals surface area (Å²) >= 11 is 0. The van der Waals surface area contributed by atoms with Gasteiger partial charge in [-0.05, 0) is 12.8 Å². The van der Waals surface area contributed by atoms with Gasteiger partial charge in [0.1, 0.15) is 0 Å². The lowest BCUT2D eigenvalue weighted by Crippen LogP contribution is -2.49. The maximum absolute atomic E-state index is 12.4. The number of rotatable bonds is 8. The van der Waals surface area contributed by atoms with Crippen molar-refractivity contribution in [2.24, 2.45) is 11.1 Å². The molecule has 1 fully saturated rings. The van der Waals surface area contributed by atoms with Crippen LogP contribution in [-0.4, -0.2) is 44.9 Å². The van der Waals surface area contributed by atoms with E-state index in [1.807, 2.05) is 0 Å². The van der Waals surface area contributed by atoms with Gasteiger partial charge < -0.3 is 20.5 Å². The van der Waals surface area contributed by atoms with Crippen molar-refractivity contribution in [1.82, 2.24) is 5.32 Å². The zero-order chi connectivity index (χ0) is 14.1. The zero-order valence-electron chi connectivity index (χ0n) is 12.2. The highest BCUT2D eigenvalue weighted by molar-refractivity contribution is 5.82. The normalized spacial score (nSPS) is 20.3. The van der Waals surface area contributed by atoms with Gasteiger partial charge >= 0.3 is 0 Å². The highest BCUT2D eigenvalue weighted by Crippen LogP contribution is 2.29. The summed E-state index contributed by atoms with van der Waals surface area (Å²) in [6.45, 7) is 6.89. The predicted octanol–water partition coefficient (Wildman–Crippen LogP) is 1.06. The van der Waals surface area contributed by atoms with Crippen LogP contribution >= 0.6 is 0 Å². The maximum atomic E-state index is 12.4. The molecule has 112 valence electrons. The number of ether oxygens (including phenoxy) is 2. The standard InChI is InChI=1S/C14H28N2O3/c1-3-5-14(11-15,6-4-2)13(17)16-9-12-10-18-7-8-19-12/h12H,3-11,15H2,1-2H3,(H,16,17). The van der Waals surface area contributed by atoms with E-state index in [2.05, 4.69) is 19.2 Å². The van der Waals surface area contributed by atoms with Gasteiger partial charge in [-0.3, -0.25) is 4.79 Å². The molecule has 0 saturated carbocycles. The van der Waals surface area contributed by atoms with E-state index in [9.17, 15) is 4.79 Å². The molecule has 0 aromatic heterocycles. The van der Waals surface area contributed by atoms with Crippen molar-refractivity contribution in [3.05, 3.63) is 0 Å². The Morgan fingerprint density at radius 1 is 1.32 bits per heavy atom. The number of nitrogens with one attached hydrogen (secondary N) is 1. The molecule has 5 heteroatoms. The Bertz CT molecular complexity index is 259. The van der Waals surface area contributed by atoms with Gasteiger partial charge in [-0.25, -0.2) is 0 Å². The van der Waals surface area contributed by atoms with Crippen LogP contribution < -0.4 is 11.1 Å². The molecule has 0 bridgehead atoms. The number of hydrogen-bond acceptors (Lipinski definition) is 4. The van der Waals surface area contributed by atoms with Crippen LogP contribution in [0.3, 0.4) is 0 Å². The summed E-state index contributed by atoms with van der Waals surface area (Å²) < 4.78 is 10.8. The quantitative estimate of drug-likeness (QED) is 0.693. The molecule has 1 amide bonds. The average molecular weight is 272 g/mol. The molecule has 19 heavy (non-hydrogen) atoms. The fourth-order valence-corrected chi connectivity index (χ4v) is 2.65. The van der Waals surface area contributed by atoms with Crippen LogP contribution in [0, 0.1) is 5.41 Å². The first-order valence-corrected chi connectivity index (χ1v) is 7.36. The van der Waals surface area contributed by atoms with Gasteiger partial charge in [0, 0.05) is 13.1 Å². The minimum absolute atomic E-state index is 0.0311. The van der Waals surface area contributed by atoms with E-state index >= 15 is 0 Å². The fourth-order valence-electron chi connectivity index (χ4n) is 2.65. The van der Waals surface area contributed by atoms with Gasteiger partial charge in [0.25, 0.3) is 0 Å². The van der Waals surface area contributed by atoms with Gasteiger partial charge in [0.15, 0.2) is 0 Å². The van der Waals surface area contributed by atoms with Crippen LogP contribution in [-0.2, 0) is 14.3 Å². The second-order valence-corrected chi connectivity index (χ2v) is 5.26. The minimum atomic E-state index is -0.418. The van der Waals surface area contributed by atoms with Crippen LogP contribution in [0.25, 0.3) is 0 Å². The second-order valence-electron chi connectivity index (χ2n) is 5.26. The summed E-state index contributed by atoms with van der Waals surface area (Å²) in [6, 6.07) is 0. The van der Waals surface area contributed by atoms with E-state index in [1.54, 1.807) is 0 Å². The van der Waals surface area contributed by atoms with Crippen molar-refractivity contribution in [2.45, 2.75) is 45.6 Å². The Labute approximate surface area is 116 Å². The second kappa shape index (κ2) is 8.51. The van der Waals surface area contributed by atoms with Crippen LogP contribution in [0.15, 0.2) is 0 Å². The molecule has 3 N–H and O–H groups in total. The van der Waals surface area contributed by atoms with E-state index in [4.69, 9.17) is 15.2 Å². The van der Waals surface area contributed by atoms with E-state index in [0.717, 1.165) is 25.7 Å². The van der Waals surface area contributed by atoms with Crippen LogP contribution in [0.1, 0.15) is 39.5 Å². The lowest BCUT2D eigenvalue weighted by Gasteiger charge is -2.32. The SMILES string of the molecule is CCCC(CN)(CCC)C(=O)NCC1COCCO1. The monoisotopic (exact) mass is 272 g/mol. The first-order valence-electron chi connectivity index (χ1n) is 7.36. The largest absolute Gasteiger partial charge is 0.376 e. The summed E-state index contributed by atoms with van der Waals surface area (Å²) in [4.78, 5) is 12.4. The van der Waals surface area contributed by atoms with Crippen molar-refractivity contribution < 1.29 is 14.3 Å². The van der Waals surface area contributed by atoms with Crippen molar-refractivity contribution in [1.29, 1.82) is 0 Å². The summed E-state index contributed by atoms with van der Waals surface area (Å²) in [7, 11) is 0. The molecule has 0 radical (unpaired) electrons. The van der Waals surface area contributed by atoms with Crippen molar-refractivity contribution in [2.75, 3.05) is 32.9 Å². The Morgan fingerprint density at radius 3 is 2.47 bits per heavy atom. The number of carbonyl (C=O) groups is 1. The molecule has 1 rings (SSSR count). The molecule has 5 nitrogen and oxygen atoms in total. The lowest BCUT2D eigenvalue weighted by atomic mass is 9.78. The molecular formula is C14H28N2O3. The molecule has 1 aliphatic rings. The topological polar surface area (TPSA) is 73.6 Å². The molecule has 0 aliphatic carbocycles. The van der Waals surface area contributed by atoms with Crippen molar-refractivity contribution in [3.8, 4) is 0 Å². The molecule has 0 aromatic rings. The molecule has 1 heterocycles. The Hall–Kier alpha value is -0.650. The first-order chi connectivity index (χ1) is 9.18. The van der Waals surface area contributed by atoms with E-state index < -0.39 is 5.41 Å². The van der Waals surface area contributed by atoms with Gasteiger partial charge in [-0.1, -0.05) is 26.7 Å². The molecule has 0 aromatic carbocycles. The molecule has 1 saturated heterocycles. The highest BCUT2D eigenvalue weighted by atomic mass is 16.6. The summed E-state index contributed by atoms with van der Waals surface area (Å²) in [5.74, 6) is 0.0628. The summed E-state index contributed by atoms with van der Waals surface area (Å²) in [5, 5.41) is 2.99. The number of nitrogens with two attached hydrogens (primary N) is 1. The van der Waals surface area contributed by atoms with Gasteiger partial charge in [-0.15, -0.1) is 0 Å².